The maximum absolute atomic E-state index is 13.4. The number of allylic oxidation sites excluding steroid dienone is 2. The molecule has 2 heterocycles. The van der Waals surface area contributed by atoms with Crippen molar-refractivity contribution >= 4 is 49.7 Å². The van der Waals surface area contributed by atoms with E-state index in [1.54, 1.807) is 0 Å². The van der Waals surface area contributed by atoms with Crippen LogP contribution in [0, 0.1) is 0 Å². The summed E-state index contributed by atoms with van der Waals surface area (Å²) >= 11 is 0. The molecule has 0 atom stereocenters. The minimum Gasteiger partial charge on any atom is -0.395 e. The van der Waals surface area contributed by atoms with E-state index >= 15 is 0 Å². The molecule has 7 N–H and O–H groups in total. The molecule has 1 aromatic heterocycles. The quantitative estimate of drug-likeness (QED) is 0.0772. The topological polar surface area (TPSA) is 278 Å². The number of H-pyrrole nitrogens is 1. The number of hydrogen-bond donors (Lipinski definition) is 7. The highest BCUT2D eigenvalue weighted by Gasteiger charge is 2.34. The summed E-state index contributed by atoms with van der Waals surface area (Å²) in [7, 11) is -9.36. The van der Waals surface area contributed by atoms with Crippen LogP contribution in [0.1, 0.15) is 27.2 Å². The first-order valence-corrected chi connectivity index (χ1v) is 17.1. The van der Waals surface area contributed by atoms with Crippen LogP contribution in [0.5, 0.6) is 0 Å². The second-order valence-corrected chi connectivity index (χ2v) is 12.9. The van der Waals surface area contributed by atoms with Gasteiger partial charge >= 0.3 is 0 Å². The molecule has 1 aliphatic rings. The fraction of sp³-hybridized carbons (Fsp3) is 0.207. The van der Waals surface area contributed by atoms with E-state index in [1.165, 1.54) is 36.4 Å². The van der Waals surface area contributed by atoms with Gasteiger partial charge in [0.25, 0.3) is 43.5 Å². The van der Waals surface area contributed by atoms with Crippen LogP contribution in [-0.2, 0) is 42.9 Å². The number of carbonyl (C=O) groups is 3. The highest BCUT2D eigenvalue weighted by molar-refractivity contribution is 7.86. The molecule has 49 heavy (non-hydrogen) atoms. The zero-order valence-electron chi connectivity index (χ0n) is 25.3. The standard InChI is InChI=1S/C29H30N6O12S2/c36-14-12-30-26(38)24-20(28(40)34(32-24)16-18-6-1-3-10-22(18)48(42,43)44)8-5-9-21-25(27(39)31-13-15-37)33-35(29(21)41)17-19-7-2-4-11-23(19)49(45,46)47/h1-11,32,36-37H,12-17H2,(H,30,38)(H,31,39)(H,42,43,44)(H,45,46,47)/b8-5+,21-9-. The number of carbonyl (C=O) groups excluding carboxylic acids is 3. The molecular weight excluding hydrogens is 688 g/mol. The van der Waals surface area contributed by atoms with Crippen LogP contribution < -0.4 is 16.2 Å². The van der Waals surface area contributed by atoms with E-state index in [1.807, 2.05) is 0 Å². The number of hydrogen-bond acceptors (Lipinski definition) is 11. The Morgan fingerprint density at radius 1 is 0.816 bits per heavy atom. The Kier molecular flexibility index (Phi) is 11.4. The van der Waals surface area contributed by atoms with Gasteiger partial charge in [-0.05, 0) is 35.4 Å². The van der Waals surface area contributed by atoms with Crippen molar-refractivity contribution < 1.29 is 50.5 Å². The molecule has 18 nitrogen and oxygen atoms in total. The smallest absolute Gasteiger partial charge is 0.294 e. The first kappa shape index (κ1) is 36.6. The van der Waals surface area contributed by atoms with Gasteiger partial charge in [0, 0.05) is 13.1 Å². The minimum atomic E-state index is -4.68. The predicted molar refractivity (Wildman–Crippen MR) is 171 cm³/mol. The van der Waals surface area contributed by atoms with Gasteiger partial charge < -0.3 is 20.8 Å². The molecule has 0 bridgehead atoms. The van der Waals surface area contributed by atoms with Crippen molar-refractivity contribution in [3.05, 3.63) is 99.0 Å². The van der Waals surface area contributed by atoms with E-state index in [4.69, 9.17) is 10.2 Å². The normalized spacial score (nSPS) is 14.4. The van der Waals surface area contributed by atoms with Gasteiger partial charge in [0.1, 0.15) is 5.69 Å². The lowest BCUT2D eigenvalue weighted by molar-refractivity contribution is -0.126. The Morgan fingerprint density at radius 2 is 1.35 bits per heavy atom. The summed E-state index contributed by atoms with van der Waals surface area (Å²) in [5, 5.41) is 30.4. The number of aromatic nitrogens is 2. The lowest BCUT2D eigenvalue weighted by atomic mass is 10.1. The molecule has 0 aliphatic carbocycles. The number of hydrazone groups is 1. The van der Waals surface area contributed by atoms with Crippen LogP contribution in [0.2, 0.25) is 0 Å². The molecule has 260 valence electrons. The van der Waals surface area contributed by atoms with Gasteiger partial charge in [-0.25, -0.2) is 9.69 Å². The van der Waals surface area contributed by atoms with E-state index in [2.05, 4.69) is 20.8 Å². The van der Waals surface area contributed by atoms with E-state index in [9.17, 15) is 45.1 Å². The molecule has 2 aromatic carbocycles. The van der Waals surface area contributed by atoms with E-state index in [0.29, 0.717) is 0 Å². The Morgan fingerprint density at radius 3 is 1.90 bits per heavy atom. The second kappa shape index (κ2) is 15.3. The molecule has 3 amide bonds. The summed E-state index contributed by atoms with van der Waals surface area (Å²) in [6.07, 6.45) is 3.38. The predicted octanol–water partition coefficient (Wildman–Crippen LogP) is -1.11. The van der Waals surface area contributed by atoms with Crippen LogP contribution in [-0.4, -0.2) is 101 Å². The van der Waals surface area contributed by atoms with Crippen molar-refractivity contribution in [3.63, 3.8) is 0 Å². The third kappa shape index (κ3) is 8.62. The van der Waals surface area contributed by atoms with Crippen molar-refractivity contribution in [2.24, 2.45) is 5.10 Å². The van der Waals surface area contributed by atoms with Crippen molar-refractivity contribution in [3.8, 4) is 0 Å². The number of nitrogens with one attached hydrogen (secondary N) is 3. The number of rotatable bonds is 14. The molecule has 3 aromatic rings. The van der Waals surface area contributed by atoms with Crippen molar-refractivity contribution in [2.75, 3.05) is 26.3 Å². The maximum Gasteiger partial charge on any atom is 0.294 e. The molecule has 0 spiro atoms. The summed E-state index contributed by atoms with van der Waals surface area (Å²) in [6, 6.07) is 10.6. The first-order valence-electron chi connectivity index (χ1n) is 14.2. The van der Waals surface area contributed by atoms with Crippen molar-refractivity contribution in [1.82, 2.24) is 25.4 Å². The summed E-state index contributed by atoms with van der Waals surface area (Å²) in [5.74, 6) is -2.58. The molecule has 0 unspecified atom stereocenters. The molecule has 1 aliphatic heterocycles. The van der Waals surface area contributed by atoms with E-state index in [0.717, 1.165) is 40.1 Å². The summed E-state index contributed by atoms with van der Waals surface area (Å²) in [4.78, 5) is 51.7. The third-order valence-corrected chi connectivity index (χ3v) is 8.75. The number of nitrogens with zero attached hydrogens (tertiary/aromatic N) is 3. The Labute approximate surface area is 278 Å². The zero-order valence-corrected chi connectivity index (χ0v) is 26.9. The second-order valence-electron chi connectivity index (χ2n) is 10.2. The number of aromatic amines is 1. The minimum absolute atomic E-state index is 0.00951. The van der Waals surface area contributed by atoms with Gasteiger partial charge in [0.2, 0.25) is 0 Å². The van der Waals surface area contributed by atoms with Gasteiger partial charge in [-0.3, -0.25) is 33.4 Å². The Balaban J connectivity index is 1.74. The average molecular weight is 719 g/mol. The van der Waals surface area contributed by atoms with Crippen LogP contribution in [0.25, 0.3) is 6.08 Å². The van der Waals surface area contributed by atoms with Crippen molar-refractivity contribution in [1.29, 1.82) is 0 Å². The third-order valence-electron chi connectivity index (χ3n) is 6.84. The maximum atomic E-state index is 13.4. The molecular formula is C29H30N6O12S2. The fourth-order valence-corrected chi connectivity index (χ4v) is 6.11. The Bertz CT molecular complexity index is 2150. The van der Waals surface area contributed by atoms with Crippen LogP contribution in [0.15, 0.2) is 85.9 Å². The van der Waals surface area contributed by atoms with Crippen molar-refractivity contribution in [2.45, 2.75) is 22.9 Å². The van der Waals surface area contributed by atoms with Crippen LogP contribution in [0.4, 0.5) is 0 Å². The highest BCUT2D eigenvalue weighted by atomic mass is 32.2. The lowest BCUT2D eigenvalue weighted by Gasteiger charge is -2.13. The molecule has 0 saturated carbocycles. The summed E-state index contributed by atoms with van der Waals surface area (Å²) in [5.41, 5.74) is -2.17. The monoisotopic (exact) mass is 718 g/mol. The first-order chi connectivity index (χ1) is 23.2. The lowest BCUT2D eigenvalue weighted by Crippen LogP contribution is -2.33. The average Bonchev–Trinajstić information content (AvgIpc) is 3.53. The fourth-order valence-electron chi connectivity index (χ4n) is 4.68. The number of aliphatic hydroxyl groups is 2. The van der Waals surface area contributed by atoms with Gasteiger partial charge in [0.05, 0.1) is 47.2 Å². The number of aliphatic hydroxyl groups excluding tert-OH is 2. The van der Waals surface area contributed by atoms with Gasteiger partial charge in [-0.2, -0.15) is 21.9 Å². The van der Waals surface area contributed by atoms with E-state index in [-0.39, 0.29) is 41.0 Å². The van der Waals surface area contributed by atoms with Gasteiger partial charge in [-0.1, -0.05) is 42.5 Å². The molecule has 0 saturated heterocycles. The highest BCUT2D eigenvalue weighted by Crippen LogP contribution is 2.23. The molecule has 0 radical (unpaired) electrons. The molecule has 4 rings (SSSR count). The summed E-state index contributed by atoms with van der Waals surface area (Å²) in [6.45, 7) is -2.15. The van der Waals surface area contributed by atoms with Crippen LogP contribution >= 0.6 is 0 Å². The number of benzene rings is 2. The zero-order chi connectivity index (χ0) is 35.9. The molecule has 0 fully saturated rings. The van der Waals surface area contributed by atoms with Gasteiger partial charge in [-0.15, -0.1) is 0 Å². The van der Waals surface area contributed by atoms with E-state index < -0.39 is 85.3 Å². The largest absolute Gasteiger partial charge is 0.395 e. The molecule has 20 heteroatoms. The SMILES string of the molecule is O=C(NCCO)C1=NN(Cc2ccccc2S(=O)(=O)O)C(=O)/C1=C\C=C\c1c(C(=O)NCCO)[nH]n(Cc2ccccc2S(=O)(=O)O)c1=O. The summed E-state index contributed by atoms with van der Waals surface area (Å²) < 4.78 is 67.6. The number of amides is 3. The van der Waals surface area contributed by atoms with Crippen LogP contribution in [0.3, 0.4) is 0 Å². The Hall–Kier alpha value is -5.25. The van der Waals surface area contributed by atoms with Gasteiger partial charge in [0.15, 0.2) is 5.71 Å².